The van der Waals surface area contributed by atoms with E-state index >= 15 is 0 Å². The Bertz CT molecular complexity index is 850. The van der Waals surface area contributed by atoms with Gasteiger partial charge in [-0.2, -0.15) is 0 Å². The van der Waals surface area contributed by atoms with Crippen molar-refractivity contribution in [3.8, 4) is 0 Å². The van der Waals surface area contributed by atoms with Gasteiger partial charge in [0.2, 0.25) is 0 Å². The van der Waals surface area contributed by atoms with E-state index in [1.54, 1.807) is 24.0 Å². The Labute approximate surface area is 137 Å². The molecular formula is C17H24N2S. The number of hydrogen-bond acceptors (Lipinski definition) is 2. The van der Waals surface area contributed by atoms with Crippen LogP contribution >= 0.6 is 11.8 Å². The first-order valence-electron chi connectivity index (χ1n) is 10.7. The van der Waals surface area contributed by atoms with Crippen molar-refractivity contribution in [2.24, 2.45) is 0 Å². The van der Waals surface area contributed by atoms with Crippen molar-refractivity contribution in [1.82, 2.24) is 9.47 Å². The molecule has 1 heterocycles. The average molecular weight is 297 g/mol. The van der Waals surface area contributed by atoms with Crippen LogP contribution in [0.2, 0.25) is 0 Å². The Balaban J connectivity index is 2.05. The molecule has 1 aromatic carbocycles. The van der Waals surface area contributed by atoms with E-state index in [1.807, 2.05) is 18.2 Å². The van der Waals surface area contributed by atoms with Gasteiger partial charge in [0.15, 0.2) is 0 Å². The molecule has 0 bridgehead atoms. The summed E-state index contributed by atoms with van der Waals surface area (Å²) in [6, 6.07) is 7.50. The highest BCUT2D eigenvalue weighted by molar-refractivity contribution is 8.00. The van der Waals surface area contributed by atoms with Gasteiger partial charge in [0, 0.05) is 47.5 Å². The third-order valence-electron chi connectivity index (χ3n) is 3.44. The van der Waals surface area contributed by atoms with Gasteiger partial charge in [0.05, 0.1) is 2.74 Å². The summed E-state index contributed by atoms with van der Waals surface area (Å²) in [6.07, 6.45) is 3.97. The van der Waals surface area contributed by atoms with Crippen molar-refractivity contribution in [1.29, 1.82) is 0 Å². The Morgan fingerprint density at radius 2 is 2.20 bits per heavy atom. The topological polar surface area (TPSA) is 8.17 Å². The molecule has 1 aliphatic rings. The van der Waals surface area contributed by atoms with Crippen LogP contribution in [0.1, 0.15) is 37.7 Å². The first-order chi connectivity index (χ1) is 12.7. The number of likely N-dealkylation sites (N-methyl/N-ethyl adjacent to an activating group) is 1. The zero-order chi connectivity index (χ0) is 21.1. The molecule has 3 rings (SSSR count). The smallest absolute Gasteiger partial charge is 0.0516 e. The zero-order valence-electron chi connectivity index (χ0n) is 19.7. The fourth-order valence-corrected chi connectivity index (χ4v) is 3.11. The van der Waals surface area contributed by atoms with Gasteiger partial charge in [0.1, 0.15) is 0 Å². The first-order valence-corrected chi connectivity index (χ1v) is 7.62. The van der Waals surface area contributed by atoms with Gasteiger partial charge in [-0.1, -0.05) is 0 Å². The molecule has 0 atom stereocenters. The van der Waals surface area contributed by atoms with Crippen LogP contribution in [0.5, 0.6) is 0 Å². The van der Waals surface area contributed by atoms with E-state index in [4.69, 9.17) is 11.0 Å². The van der Waals surface area contributed by atoms with E-state index in [1.165, 1.54) is 31.3 Å². The minimum Gasteiger partial charge on any atom is -0.346 e. The first kappa shape index (κ1) is 7.37. The van der Waals surface area contributed by atoms with Gasteiger partial charge >= 0.3 is 0 Å². The quantitative estimate of drug-likeness (QED) is 0.815. The maximum atomic E-state index is 8.72. The fourth-order valence-electron chi connectivity index (χ4n) is 2.01. The van der Waals surface area contributed by atoms with Crippen molar-refractivity contribution in [3.05, 3.63) is 30.5 Å². The number of nitrogens with zero attached hydrogens (tertiary/aromatic N) is 2. The maximum absolute atomic E-state index is 8.72. The molecule has 1 aliphatic carbocycles. The molecule has 0 spiro atoms. The second kappa shape index (κ2) is 5.12. The van der Waals surface area contributed by atoms with Crippen molar-refractivity contribution in [2.75, 3.05) is 14.0 Å². The van der Waals surface area contributed by atoms with Gasteiger partial charge < -0.3 is 9.47 Å². The van der Waals surface area contributed by atoms with Crippen LogP contribution in [-0.4, -0.2) is 34.2 Å². The largest absolute Gasteiger partial charge is 0.346 e. The van der Waals surface area contributed by atoms with Crippen molar-refractivity contribution < 1.29 is 11.0 Å². The number of benzene rings is 1. The monoisotopic (exact) mass is 296 g/mol. The molecule has 1 saturated carbocycles. The van der Waals surface area contributed by atoms with Crippen LogP contribution < -0.4 is 0 Å². The molecule has 2 aromatic rings. The van der Waals surface area contributed by atoms with Gasteiger partial charge in [-0.25, -0.2) is 0 Å². The summed E-state index contributed by atoms with van der Waals surface area (Å²) < 4.78 is 64.9. The minimum atomic E-state index is -2.99. The summed E-state index contributed by atoms with van der Waals surface area (Å²) in [6.45, 7) is -5.65. The molecule has 0 aliphatic heterocycles. The molecule has 0 amide bonds. The molecule has 0 saturated heterocycles. The van der Waals surface area contributed by atoms with Crippen LogP contribution in [0.4, 0.5) is 0 Å². The Kier molecular flexibility index (Phi) is 1.89. The molecule has 2 nitrogen and oxygen atoms in total. The summed E-state index contributed by atoms with van der Waals surface area (Å²) in [5.74, 6) is 0. The maximum Gasteiger partial charge on any atom is 0.0516 e. The average Bonchev–Trinajstić information content (AvgIpc) is 3.19. The fraction of sp³-hybridized carbons (Fsp3) is 0.529. The molecule has 0 N–H and O–H groups in total. The van der Waals surface area contributed by atoms with E-state index in [2.05, 4.69) is 0 Å². The van der Waals surface area contributed by atoms with Gasteiger partial charge in [-0.3, -0.25) is 0 Å². The normalized spacial score (nSPS) is 24.1. The second-order valence-electron chi connectivity index (χ2n) is 5.73. The highest BCUT2D eigenvalue weighted by Gasteiger charge is 2.23. The second-order valence-corrected chi connectivity index (χ2v) is 7.10. The molecule has 0 radical (unpaired) electrons. The molecular weight excluding hydrogens is 264 g/mol. The number of aromatic nitrogens is 1. The lowest BCUT2D eigenvalue weighted by atomic mass is 10.0. The lowest BCUT2D eigenvalue weighted by Crippen LogP contribution is -2.41. The third kappa shape index (κ3) is 2.89. The predicted molar refractivity (Wildman–Crippen MR) is 88.6 cm³/mol. The van der Waals surface area contributed by atoms with E-state index in [-0.39, 0.29) is 0 Å². The van der Waals surface area contributed by atoms with Crippen molar-refractivity contribution in [2.45, 2.75) is 48.9 Å². The summed E-state index contributed by atoms with van der Waals surface area (Å²) in [4.78, 5) is 1.43. The lowest BCUT2D eigenvalue weighted by molar-refractivity contribution is 0.171. The van der Waals surface area contributed by atoms with Crippen LogP contribution in [0.25, 0.3) is 10.9 Å². The predicted octanol–water partition coefficient (Wildman–Crippen LogP) is 4.24. The van der Waals surface area contributed by atoms with Crippen LogP contribution in [0.3, 0.4) is 0 Å². The summed E-state index contributed by atoms with van der Waals surface area (Å²) in [5.41, 5.74) is -1.26. The van der Waals surface area contributed by atoms with Gasteiger partial charge in [0.25, 0.3) is 0 Å². The Morgan fingerprint density at radius 1 is 1.40 bits per heavy atom. The zero-order valence-corrected chi connectivity index (χ0v) is 12.5. The van der Waals surface area contributed by atoms with Gasteiger partial charge in [-0.05, 0) is 64.9 Å². The highest BCUT2D eigenvalue weighted by atomic mass is 32.2. The summed E-state index contributed by atoms with van der Waals surface area (Å²) in [5, 5.41) is 1.48. The standard InChI is InChI=1S/C17H24N2S/c1-17(2,18(3)4)12-19-10-9-13-11-15(7-8-16(13)19)20-14-5-6-14/h7-11,14H,5-6,12H2,1-4H3/i3D3,4D3,12D2. The van der Waals surface area contributed by atoms with Crippen LogP contribution in [0, 0.1) is 0 Å². The SMILES string of the molecule is [2H]C([2H])([2H])N(C([2H])([2H])[2H])C(C)(C)C([2H])([2H])n1ccc2cc(SC3CC3)ccc21. The molecule has 3 heteroatoms. The number of rotatable bonds is 5. The van der Waals surface area contributed by atoms with E-state index in [9.17, 15) is 0 Å². The number of hydrogen-bond donors (Lipinski definition) is 0. The van der Waals surface area contributed by atoms with Crippen LogP contribution in [-0.2, 0) is 6.50 Å². The van der Waals surface area contributed by atoms with E-state index < -0.39 is 26.0 Å². The molecule has 108 valence electrons. The lowest BCUT2D eigenvalue weighted by Gasteiger charge is -2.33. The van der Waals surface area contributed by atoms with E-state index in [0.29, 0.717) is 15.7 Å². The Morgan fingerprint density at radius 3 is 2.90 bits per heavy atom. The van der Waals surface area contributed by atoms with Gasteiger partial charge in [-0.15, -0.1) is 11.8 Å². The number of thioether (sulfide) groups is 1. The Hall–Kier alpha value is -0.930. The molecule has 1 fully saturated rings. The number of fused-ring (bicyclic) bond motifs is 1. The summed E-state index contributed by atoms with van der Waals surface area (Å²) >= 11 is 1.80. The van der Waals surface area contributed by atoms with E-state index in [0.717, 1.165) is 10.3 Å². The van der Waals surface area contributed by atoms with Crippen molar-refractivity contribution in [3.63, 3.8) is 0 Å². The summed E-state index contributed by atoms with van der Waals surface area (Å²) in [7, 11) is 0. The minimum absolute atomic E-state index is 0.316. The van der Waals surface area contributed by atoms with Crippen LogP contribution in [0.15, 0.2) is 35.4 Å². The van der Waals surface area contributed by atoms with Crippen molar-refractivity contribution >= 4 is 22.7 Å². The molecule has 20 heavy (non-hydrogen) atoms. The third-order valence-corrected chi connectivity index (χ3v) is 4.77. The molecule has 1 aromatic heterocycles. The highest BCUT2D eigenvalue weighted by Crippen LogP contribution is 2.40. The molecule has 0 unspecified atom stereocenters.